The lowest BCUT2D eigenvalue weighted by Gasteiger charge is -2.14. The predicted molar refractivity (Wildman–Crippen MR) is 103 cm³/mol. The molecule has 0 saturated carbocycles. The van der Waals surface area contributed by atoms with Crippen molar-refractivity contribution in [2.24, 2.45) is 0 Å². The van der Waals surface area contributed by atoms with E-state index in [-0.39, 0.29) is 11.1 Å². The highest BCUT2D eigenvalue weighted by atomic mass is 32.1. The van der Waals surface area contributed by atoms with Gasteiger partial charge in [0.05, 0.1) is 11.1 Å². The molecule has 0 aliphatic carbocycles. The minimum absolute atomic E-state index is 0.0955. The molecule has 0 bridgehead atoms. The van der Waals surface area contributed by atoms with Crippen molar-refractivity contribution < 1.29 is 17.6 Å². The smallest absolute Gasteiger partial charge is 0.417 e. The van der Waals surface area contributed by atoms with Crippen LogP contribution >= 0.6 is 12.6 Å². The number of rotatable bonds is 5. The average Bonchev–Trinajstić information content (AvgIpc) is 2.60. The van der Waals surface area contributed by atoms with Gasteiger partial charge in [-0.05, 0) is 42.7 Å². The quantitative estimate of drug-likeness (QED) is 0.305. The molecule has 2 aromatic carbocycles. The van der Waals surface area contributed by atoms with Gasteiger partial charge >= 0.3 is 11.8 Å². The molecule has 0 fully saturated rings. The molecule has 0 radical (unpaired) electrons. The van der Waals surface area contributed by atoms with Gasteiger partial charge in [-0.15, -0.1) is 12.6 Å². The summed E-state index contributed by atoms with van der Waals surface area (Å²) in [7, 11) is 0. The molecular weight excluding hydrogens is 373 g/mol. The Morgan fingerprint density at radius 1 is 1.00 bits per heavy atom. The first-order valence-corrected chi connectivity index (χ1v) is 9.21. The second-order valence-corrected chi connectivity index (χ2v) is 7.02. The maximum absolute atomic E-state index is 13.7. The van der Waals surface area contributed by atoms with Gasteiger partial charge in [-0.25, -0.2) is 4.79 Å². The van der Waals surface area contributed by atoms with Crippen molar-refractivity contribution in [3.05, 3.63) is 64.0 Å². The van der Waals surface area contributed by atoms with Crippen molar-refractivity contribution in [1.82, 2.24) is 0 Å². The van der Waals surface area contributed by atoms with Crippen molar-refractivity contribution in [3.8, 4) is 11.1 Å². The molecule has 2 nitrogen and oxygen atoms in total. The van der Waals surface area contributed by atoms with Crippen LogP contribution in [0.5, 0.6) is 0 Å². The molecule has 0 atom stereocenters. The van der Waals surface area contributed by atoms with Crippen LogP contribution in [0.4, 0.5) is 13.2 Å². The van der Waals surface area contributed by atoms with Crippen molar-refractivity contribution in [1.29, 1.82) is 0 Å². The number of aryl methyl sites for hydroxylation is 1. The SMILES string of the molecule is CCCCCc1ccc(-c2cc3ccc(S)cc3oc2=O)c(C(F)(F)F)c1. The molecule has 0 spiro atoms. The Bertz CT molecular complexity index is 1020. The van der Waals surface area contributed by atoms with E-state index in [2.05, 4.69) is 12.6 Å². The summed E-state index contributed by atoms with van der Waals surface area (Å²) >= 11 is 4.18. The maximum Gasteiger partial charge on any atom is 0.417 e. The Morgan fingerprint density at radius 2 is 1.78 bits per heavy atom. The van der Waals surface area contributed by atoms with Gasteiger partial charge in [0.1, 0.15) is 5.58 Å². The molecule has 0 N–H and O–H groups in total. The van der Waals surface area contributed by atoms with E-state index in [0.717, 1.165) is 25.3 Å². The molecule has 1 heterocycles. The van der Waals surface area contributed by atoms with Gasteiger partial charge in [-0.2, -0.15) is 13.2 Å². The predicted octanol–water partition coefficient (Wildman–Crippen LogP) is 6.50. The third-order valence-corrected chi connectivity index (χ3v) is 4.75. The Labute approximate surface area is 160 Å². The minimum Gasteiger partial charge on any atom is -0.422 e. The highest BCUT2D eigenvalue weighted by Crippen LogP contribution is 2.37. The number of hydrogen-bond donors (Lipinski definition) is 1. The van der Waals surface area contributed by atoms with E-state index in [1.54, 1.807) is 24.3 Å². The molecule has 0 saturated heterocycles. The van der Waals surface area contributed by atoms with Crippen LogP contribution in [-0.2, 0) is 12.6 Å². The van der Waals surface area contributed by atoms with Crippen LogP contribution in [0.3, 0.4) is 0 Å². The second kappa shape index (κ2) is 7.80. The standard InChI is InChI=1S/C21H19F3O2S/c1-2-3-4-5-13-6-9-16(18(10-13)21(22,23)24)17-11-14-7-8-15(27)12-19(14)26-20(17)25/h6-12,27H,2-5H2,1H3. The molecule has 3 rings (SSSR count). The Balaban J connectivity index is 2.12. The molecule has 0 amide bonds. The lowest BCUT2D eigenvalue weighted by atomic mass is 9.95. The maximum atomic E-state index is 13.7. The average molecular weight is 392 g/mol. The van der Waals surface area contributed by atoms with Crippen LogP contribution in [0.25, 0.3) is 22.1 Å². The normalized spacial score (nSPS) is 11.9. The zero-order chi connectivity index (χ0) is 19.6. The van der Waals surface area contributed by atoms with Gasteiger partial charge in [-0.1, -0.05) is 38.0 Å². The second-order valence-electron chi connectivity index (χ2n) is 6.50. The lowest BCUT2D eigenvalue weighted by Crippen LogP contribution is -2.12. The zero-order valence-electron chi connectivity index (χ0n) is 14.8. The third kappa shape index (κ3) is 4.38. The number of fused-ring (bicyclic) bond motifs is 1. The third-order valence-electron chi connectivity index (χ3n) is 4.47. The summed E-state index contributed by atoms with van der Waals surface area (Å²) in [5.74, 6) is 0. The van der Waals surface area contributed by atoms with E-state index < -0.39 is 17.4 Å². The van der Waals surface area contributed by atoms with E-state index in [4.69, 9.17) is 4.42 Å². The van der Waals surface area contributed by atoms with E-state index in [9.17, 15) is 18.0 Å². The molecule has 0 aliphatic rings. The zero-order valence-corrected chi connectivity index (χ0v) is 15.7. The van der Waals surface area contributed by atoms with Gasteiger partial charge < -0.3 is 4.42 Å². The van der Waals surface area contributed by atoms with Crippen molar-refractivity contribution in [2.75, 3.05) is 0 Å². The molecule has 1 aromatic heterocycles. The Hall–Kier alpha value is -2.21. The number of halogens is 3. The fourth-order valence-corrected chi connectivity index (χ4v) is 3.27. The van der Waals surface area contributed by atoms with Gasteiger partial charge in [0.2, 0.25) is 0 Å². The van der Waals surface area contributed by atoms with Crippen molar-refractivity contribution in [2.45, 2.75) is 43.7 Å². The van der Waals surface area contributed by atoms with Crippen LogP contribution in [0, 0.1) is 0 Å². The largest absolute Gasteiger partial charge is 0.422 e. The summed E-state index contributed by atoms with van der Waals surface area (Å²) in [5.41, 5.74) is -0.959. The summed E-state index contributed by atoms with van der Waals surface area (Å²) in [6, 6.07) is 10.5. The van der Waals surface area contributed by atoms with Gasteiger partial charge in [0, 0.05) is 15.8 Å². The molecule has 142 valence electrons. The molecule has 6 heteroatoms. The van der Waals surface area contributed by atoms with Crippen LogP contribution < -0.4 is 5.63 Å². The number of unbranched alkanes of at least 4 members (excludes halogenated alkanes) is 2. The van der Waals surface area contributed by atoms with Crippen LogP contribution in [-0.4, -0.2) is 0 Å². The Kier molecular flexibility index (Phi) is 5.65. The molecule has 0 unspecified atom stereocenters. The fourth-order valence-electron chi connectivity index (χ4n) is 3.08. The summed E-state index contributed by atoms with van der Waals surface area (Å²) in [6.07, 6.45) is -1.20. The summed E-state index contributed by atoms with van der Waals surface area (Å²) in [4.78, 5) is 13.0. The first kappa shape index (κ1) is 19.5. The van der Waals surface area contributed by atoms with E-state index >= 15 is 0 Å². The first-order valence-electron chi connectivity index (χ1n) is 8.77. The topological polar surface area (TPSA) is 30.2 Å². The van der Waals surface area contributed by atoms with Crippen LogP contribution in [0.2, 0.25) is 0 Å². The number of hydrogen-bond acceptors (Lipinski definition) is 3. The molecule has 3 aromatic rings. The first-order chi connectivity index (χ1) is 12.8. The highest BCUT2D eigenvalue weighted by molar-refractivity contribution is 7.80. The number of benzene rings is 2. The highest BCUT2D eigenvalue weighted by Gasteiger charge is 2.34. The van der Waals surface area contributed by atoms with Crippen LogP contribution in [0.1, 0.15) is 37.3 Å². The lowest BCUT2D eigenvalue weighted by molar-refractivity contribution is -0.137. The molecule has 27 heavy (non-hydrogen) atoms. The summed E-state index contributed by atoms with van der Waals surface area (Å²) in [5, 5.41) is 0.544. The fraction of sp³-hybridized carbons (Fsp3) is 0.286. The summed E-state index contributed by atoms with van der Waals surface area (Å²) in [6.45, 7) is 2.04. The minimum atomic E-state index is -4.56. The van der Waals surface area contributed by atoms with Crippen molar-refractivity contribution >= 4 is 23.6 Å². The van der Waals surface area contributed by atoms with Gasteiger partial charge in [0.25, 0.3) is 0 Å². The van der Waals surface area contributed by atoms with Gasteiger partial charge in [-0.3, -0.25) is 0 Å². The van der Waals surface area contributed by atoms with Crippen molar-refractivity contribution in [3.63, 3.8) is 0 Å². The van der Waals surface area contributed by atoms with Gasteiger partial charge in [0.15, 0.2) is 0 Å². The number of thiol groups is 1. The van der Waals surface area contributed by atoms with Crippen LogP contribution in [0.15, 0.2) is 56.6 Å². The molecular formula is C21H19F3O2S. The van der Waals surface area contributed by atoms with E-state index in [1.807, 2.05) is 6.92 Å². The van der Waals surface area contributed by atoms with E-state index in [1.165, 1.54) is 12.1 Å². The summed E-state index contributed by atoms with van der Waals surface area (Å²) < 4.78 is 46.2. The van der Waals surface area contributed by atoms with E-state index in [0.29, 0.717) is 27.8 Å². The monoisotopic (exact) mass is 392 g/mol. The Morgan fingerprint density at radius 3 is 2.48 bits per heavy atom. The number of alkyl halides is 3. The molecule has 0 aliphatic heterocycles.